The minimum Gasteiger partial charge on any atom is -0.383 e. The molecular formula is C24H24F4N4O2. The van der Waals surface area contributed by atoms with Crippen molar-refractivity contribution in [2.24, 2.45) is 0 Å². The number of halogens is 4. The predicted octanol–water partition coefficient (Wildman–Crippen LogP) is 5.57. The molecule has 10 heteroatoms. The first kappa shape index (κ1) is 23.9. The zero-order valence-corrected chi connectivity index (χ0v) is 19.1. The Morgan fingerprint density at radius 1 is 1.24 bits per heavy atom. The minimum atomic E-state index is -4.52. The second-order valence-corrected chi connectivity index (χ2v) is 8.64. The Hall–Kier alpha value is -3.27. The number of nitrogens with zero attached hydrogens (tertiary/aromatic N) is 3. The molecule has 0 bridgehead atoms. The Morgan fingerprint density at radius 3 is 2.53 bits per heavy atom. The van der Waals surface area contributed by atoms with Crippen LogP contribution in [0.2, 0.25) is 0 Å². The van der Waals surface area contributed by atoms with E-state index in [2.05, 4.69) is 9.97 Å². The Bertz CT molecular complexity index is 1260. The molecule has 0 saturated heterocycles. The van der Waals surface area contributed by atoms with E-state index >= 15 is 4.39 Å². The molecule has 0 unspecified atom stereocenters. The molecule has 3 heterocycles. The lowest BCUT2D eigenvalue weighted by Crippen LogP contribution is -2.39. The second-order valence-electron chi connectivity index (χ2n) is 8.64. The highest BCUT2D eigenvalue weighted by molar-refractivity contribution is 6.00. The summed E-state index contributed by atoms with van der Waals surface area (Å²) in [6.45, 7) is 7.23. The maximum atomic E-state index is 15.1. The molecule has 1 amide bonds. The molecule has 2 aromatic heterocycles. The number of carbonyl (C=O) groups is 1. The lowest BCUT2D eigenvalue weighted by atomic mass is 9.99. The van der Waals surface area contributed by atoms with Gasteiger partial charge in [0.05, 0.1) is 41.1 Å². The highest BCUT2D eigenvalue weighted by Gasteiger charge is 2.33. The van der Waals surface area contributed by atoms with Crippen molar-refractivity contribution in [1.29, 1.82) is 0 Å². The Morgan fingerprint density at radius 2 is 1.94 bits per heavy atom. The maximum Gasteiger partial charge on any atom is 0.417 e. The number of anilines is 1. The normalized spacial score (nSPS) is 16.7. The van der Waals surface area contributed by atoms with Crippen LogP contribution in [0.15, 0.2) is 30.5 Å². The Balaban J connectivity index is 1.75. The summed E-state index contributed by atoms with van der Waals surface area (Å²) in [6.07, 6.45) is -4.06. The van der Waals surface area contributed by atoms with E-state index in [0.29, 0.717) is 10.9 Å². The molecule has 0 spiro atoms. The van der Waals surface area contributed by atoms with Gasteiger partial charge in [-0.2, -0.15) is 13.2 Å². The van der Waals surface area contributed by atoms with Gasteiger partial charge >= 0.3 is 6.18 Å². The number of carbonyl (C=O) groups excluding carboxylic acids is 1. The van der Waals surface area contributed by atoms with Crippen molar-refractivity contribution in [3.63, 3.8) is 0 Å². The third kappa shape index (κ3) is 4.06. The van der Waals surface area contributed by atoms with Crippen LogP contribution in [0, 0.1) is 5.82 Å². The van der Waals surface area contributed by atoms with E-state index in [1.165, 1.54) is 23.1 Å². The third-order valence-electron chi connectivity index (χ3n) is 6.12. The fraction of sp³-hybridized carbons (Fsp3) is 0.375. The van der Waals surface area contributed by atoms with Crippen LogP contribution in [0.5, 0.6) is 0 Å². The number of nitrogens with two attached hydrogens (primary N) is 1. The van der Waals surface area contributed by atoms with Gasteiger partial charge in [0.2, 0.25) is 0 Å². The molecule has 0 fully saturated rings. The summed E-state index contributed by atoms with van der Waals surface area (Å²) in [5.74, 6) is -1.12. The quantitative estimate of drug-likeness (QED) is 0.498. The number of amides is 1. The number of nitrogen functional groups attached to an aromatic ring is 1. The van der Waals surface area contributed by atoms with Crippen molar-refractivity contribution in [2.45, 2.75) is 58.7 Å². The zero-order chi connectivity index (χ0) is 24.9. The van der Waals surface area contributed by atoms with Gasteiger partial charge in [0.25, 0.3) is 5.91 Å². The smallest absolute Gasteiger partial charge is 0.383 e. The first-order chi connectivity index (χ1) is 15.9. The van der Waals surface area contributed by atoms with Crippen LogP contribution in [0.3, 0.4) is 0 Å². The highest BCUT2D eigenvalue weighted by Crippen LogP contribution is 2.39. The fourth-order valence-electron chi connectivity index (χ4n) is 4.41. The number of benzene rings is 1. The molecule has 1 aliphatic rings. The lowest BCUT2D eigenvalue weighted by Gasteiger charge is -2.33. The molecule has 0 saturated carbocycles. The van der Waals surface area contributed by atoms with Crippen molar-refractivity contribution in [3.8, 4) is 0 Å². The number of hydrogen-bond donors (Lipinski definition) is 1. The van der Waals surface area contributed by atoms with Crippen molar-refractivity contribution in [1.82, 2.24) is 14.9 Å². The predicted molar refractivity (Wildman–Crippen MR) is 118 cm³/mol. The van der Waals surface area contributed by atoms with Crippen molar-refractivity contribution < 1.29 is 27.1 Å². The number of hydrogen-bond acceptors (Lipinski definition) is 5. The van der Waals surface area contributed by atoms with Gasteiger partial charge in [0.15, 0.2) is 0 Å². The van der Waals surface area contributed by atoms with E-state index in [9.17, 15) is 18.0 Å². The molecule has 2 atom stereocenters. The van der Waals surface area contributed by atoms with Gasteiger partial charge in [0.1, 0.15) is 11.6 Å². The first-order valence-corrected chi connectivity index (χ1v) is 10.8. The lowest BCUT2D eigenvalue weighted by molar-refractivity contribution is -0.137. The molecule has 2 N–H and O–H groups in total. The molecule has 34 heavy (non-hydrogen) atoms. The average Bonchev–Trinajstić information content (AvgIpc) is 3.15. The van der Waals surface area contributed by atoms with Crippen LogP contribution in [0.4, 0.5) is 23.4 Å². The Labute approximate surface area is 193 Å². The van der Waals surface area contributed by atoms with E-state index in [-0.39, 0.29) is 35.8 Å². The maximum absolute atomic E-state index is 15.1. The molecular weight excluding hydrogens is 452 g/mol. The molecule has 0 aliphatic carbocycles. The van der Waals surface area contributed by atoms with E-state index in [1.807, 2.05) is 6.92 Å². The van der Waals surface area contributed by atoms with Crippen LogP contribution in [0.1, 0.15) is 72.6 Å². The Kier molecular flexibility index (Phi) is 5.97. The van der Waals surface area contributed by atoms with Gasteiger partial charge in [-0.3, -0.25) is 9.78 Å². The average molecular weight is 476 g/mol. The first-order valence-electron chi connectivity index (χ1n) is 10.8. The number of fused-ring (bicyclic) bond motifs is 3. The van der Waals surface area contributed by atoms with Crippen LogP contribution < -0.4 is 5.73 Å². The summed E-state index contributed by atoms with van der Waals surface area (Å²) in [4.78, 5) is 23.1. The van der Waals surface area contributed by atoms with Crippen molar-refractivity contribution in [2.75, 3.05) is 5.73 Å². The van der Waals surface area contributed by atoms with E-state index in [0.717, 1.165) is 23.4 Å². The molecule has 6 nitrogen and oxygen atoms in total. The summed E-state index contributed by atoms with van der Waals surface area (Å²) in [7, 11) is 0. The van der Waals surface area contributed by atoms with Crippen LogP contribution in [-0.4, -0.2) is 26.8 Å². The standard InChI is InChI=1S/C24H24F4N4O2/c1-11(2)32(12(3)19-6-5-14(9-30-19)24(26,27)28)23(33)16-7-15-17-10-34-13(4)21(17)22(29)31-20(15)8-18(16)25/h5-9,11-13H,10H2,1-4H3,(H2,29,31)/t12-,13-/m1/s1. The van der Waals surface area contributed by atoms with Gasteiger partial charge in [-0.15, -0.1) is 0 Å². The topological polar surface area (TPSA) is 81.3 Å². The van der Waals surface area contributed by atoms with Gasteiger partial charge in [0, 0.05) is 29.3 Å². The van der Waals surface area contributed by atoms with Crippen LogP contribution in [-0.2, 0) is 17.5 Å². The SMILES string of the molecule is CC(C)N(C(=O)c1cc2c3c(c(N)nc2cc1F)[C@@H](C)OC3)[C@H](C)c1ccc(C(F)(F)F)cn1. The minimum absolute atomic E-state index is 0.173. The van der Waals surface area contributed by atoms with E-state index in [1.54, 1.807) is 20.8 Å². The third-order valence-corrected chi connectivity index (χ3v) is 6.12. The van der Waals surface area contributed by atoms with Gasteiger partial charge in [-0.05, 0) is 51.5 Å². The van der Waals surface area contributed by atoms with Crippen LogP contribution >= 0.6 is 0 Å². The van der Waals surface area contributed by atoms with Crippen molar-refractivity contribution >= 4 is 22.6 Å². The molecule has 1 aromatic carbocycles. The van der Waals surface area contributed by atoms with Crippen molar-refractivity contribution in [3.05, 3.63) is 64.2 Å². The summed E-state index contributed by atoms with van der Waals surface area (Å²) in [5.41, 5.74) is 7.04. The second kappa shape index (κ2) is 8.50. The molecule has 1 aliphatic heterocycles. The number of pyridine rings is 2. The number of aromatic nitrogens is 2. The van der Waals surface area contributed by atoms with E-state index < -0.39 is 29.5 Å². The number of alkyl halides is 3. The largest absolute Gasteiger partial charge is 0.417 e. The van der Waals surface area contributed by atoms with E-state index in [4.69, 9.17) is 10.5 Å². The molecule has 3 aromatic rings. The van der Waals surface area contributed by atoms with Gasteiger partial charge in [-0.1, -0.05) is 0 Å². The molecule has 0 radical (unpaired) electrons. The summed E-state index contributed by atoms with van der Waals surface area (Å²) in [5, 5.41) is 0.572. The zero-order valence-electron chi connectivity index (χ0n) is 19.1. The fourth-order valence-corrected chi connectivity index (χ4v) is 4.41. The van der Waals surface area contributed by atoms with Gasteiger partial charge in [-0.25, -0.2) is 9.37 Å². The summed E-state index contributed by atoms with van der Waals surface area (Å²) >= 11 is 0. The van der Waals surface area contributed by atoms with Gasteiger partial charge < -0.3 is 15.4 Å². The molecule has 180 valence electrons. The number of ether oxygens (including phenoxy) is 1. The number of rotatable bonds is 4. The summed E-state index contributed by atoms with van der Waals surface area (Å²) < 4.78 is 59.5. The monoisotopic (exact) mass is 476 g/mol. The highest BCUT2D eigenvalue weighted by atomic mass is 19.4. The van der Waals surface area contributed by atoms with Crippen LogP contribution in [0.25, 0.3) is 10.9 Å². The molecule has 4 rings (SSSR count). The summed E-state index contributed by atoms with van der Waals surface area (Å²) in [6, 6.07) is 3.66.